The van der Waals surface area contributed by atoms with E-state index >= 15 is 4.39 Å². The van der Waals surface area contributed by atoms with E-state index in [-0.39, 0.29) is 56.5 Å². The summed E-state index contributed by atoms with van der Waals surface area (Å²) in [5, 5.41) is 20.8. The minimum Gasteiger partial charge on any atom is -0.489 e. The second-order valence-electron chi connectivity index (χ2n) is 9.76. The number of nitrogens with one attached hydrogen (secondary N) is 1. The van der Waals surface area contributed by atoms with E-state index in [4.69, 9.17) is 32.7 Å². The fourth-order valence-electron chi connectivity index (χ4n) is 4.10. The summed E-state index contributed by atoms with van der Waals surface area (Å²) in [5.74, 6) is -0.900. The van der Waals surface area contributed by atoms with E-state index in [2.05, 4.69) is 20.3 Å². The molecule has 9 nitrogen and oxygen atoms in total. The molecule has 1 aromatic carbocycles. The zero-order valence-corrected chi connectivity index (χ0v) is 22.6. The number of pyridine rings is 1. The van der Waals surface area contributed by atoms with E-state index in [1.807, 2.05) is 6.07 Å². The Hall–Kier alpha value is -3.75. The van der Waals surface area contributed by atoms with Gasteiger partial charge in [0.15, 0.2) is 5.82 Å². The van der Waals surface area contributed by atoms with E-state index < -0.39 is 23.7 Å². The molecule has 3 aromatic heterocycles. The smallest absolute Gasteiger partial charge is 0.277 e. The Bertz CT molecular complexity index is 1700. The molecular formula is C26H22Cl2F2N6O3. The number of ether oxygens (including phenoxy) is 2. The molecule has 39 heavy (non-hydrogen) atoms. The van der Waals surface area contributed by atoms with E-state index in [1.54, 1.807) is 13.1 Å². The Balaban J connectivity index is 1.78. The number of benzene rings is 1. The van der Waals surface area contributed by atoms with Gasteiger partial charge in [0.05, 0.1) is 45.8 Å². The molecule has 0 atom stereocenters. The fraction of sp³-hybridized carbons (Fsp3) is 0.346. The molecular weight excluding hydrogens is 553 g/mol. The van der Waals surface area contributed by atoms with Gasteiger partial charge in [-0.25, -0.2) is 18.9 Å². The van der Waals surface area contributed by atoms with Crippen molar-refractivity contribution in [2.24, 2.45) is 7.05 Å². The van der Waals surface area contributed by atoms with Gasteiger partial charge in [0, 0.05) is 24.1 Å². The van der Waals surface area contributed by atoms with Crippen LogP contribution in [0.25, 0.3) is 33.3 Å². The van der Waals surface area contributed by atoms with Crippen molar-refractivity contribution >= 4 is 34.0 Å². The molecule has 3 heterocycles. The lowest BCUT2D eigenvalue weighted by molar-refractivity contribution is 0.118. The predicted molar refractivity (Wildman–Crippen MR) is 141 cm³/mol. The number of hydrogen-bond donors (Lipinski definition) is 1. The second kappa shape index (κ2) is 10.1. The number of rotatable bonds is 8. The molecule has 5 rings (SSSR count). The van der Waals surface area contributed by atoms with Crippen LogP contribution in [0.15, 0.2) is 23.1 Å². The lowest BCUT2D eigenvalue weighted by atomic mass is 9.98. The minimum absolute atomic E-state index is 0.0332. The monoisotopic (exact) mass is 574 g/mol. The SMILES string of the molecule is Cn1ncc(-c2cc3c(CCl)n[nH]c(=O)c3c(OCC(C)(C)F)n2)c1-c1c(F)c(Cl)cc(OC2CC2)c1C#N. The first-order chi connectivity index (χ1) is 18.5. The topological polar surface area (TPSA) is 119 Å². The molecule has 1 N–H and O–H groups in total. The quantitative estimate of drug-likeness (QED) is 0.277. The number of nitrogens with zero attached hydrogens (tertiary/aromatic N) is 5. The van der Waals surface area contributed by atoms with Crippen LogP contribution in [0, 0.1) is 17.1 Å². The normalized spacial score (nSPS) is 13.5. The van der Waals surface area contributed by atoms with Gasteiger partial charge in [0.25, 0.3) is 5.56 Å². The Kier molecular flexibility index (Phi) is 6.95. The van der Waals surface area contributed by atoms with Crippen LogP contribution in [-0.4, -0.2) is 43.3 Å². The predicted octanol–water partition coefficient (Wildman–Crippen LogP) is 5.46. The second-order valence-corrected chi connectivity index (χ2v) is 10.4. The van der Waals surface area contributed by atoms with E-state index in [1.165, 1.54) is 30.8 Å². The third-order valence-electron chi connectivity index (χ3n) is 6.06. The zero-order valence-electron chi connectivity index (χ0n) is 21.1. The van der Waals surface area contributed by atoms with E-state index in [0.29, 0.717) is 16.6 Å². The lowest BCUT2D eigenvalue weighted by Gasteiger charge is -2.17. The number of alkyl halides is 2. The van der Waals surface area contributed by atoms with Gasteiger partial charge in [-0.3, -0.25) is 9.48 Å². The van der Waals surface area contributed by atoms with Crippen LogP contribution in [0.2, 0.25) is 5.02 Å². The van der Waals surface area contributed by atoms with Crippen molar-refractivity contribution < 1.29 is 18.3 Å². The van der Waals surface area contributed by atoms with Crippen molar-refractivity contribution in [2.45, 2.75) is 44.3 Å². The standard InChI is InChI=1S/C26H22Cl2F2N6O3/c1-26(2,30)11-38-25-21-13(18(8-27)34-35-24(21)37)6-17(33-25)15-10-32-36(3)23(15)20-14(9-31)19(39-12-4-5-12)7-16(28)22(20)29/h6-7,10,12H,4-5,8,11H2,1-3H3,(H,35,37). The molecule has 0 saturated heterocycles. The molecule has 0 bridgehead atoms. The van der Waals surface area contributed by atoms with Crippen molar-refractivity contribution in [2.75, 3.05) is 6.61 Å². The number of nitriles is 1. The first-order valence-corrected chi connectivity index (χ1v) is 12.8. The maximum Gasteiger partial charge on any atom is 0.277 e. The third-order valence-corrected chi connectivity index (χ3v) is 6.59. The van der Waals surface area contributed by atoms with Crippen molar-refractivity contribution in [3.05, 3.63) is 50.8 Å². The largest absolute Gasteiger partial charge is 0.489 e. The van der Waals surface area contributed by atoms with Crippen molar-refractivity contribution in [3.63, 3.8) is 0 Å². The van der Waals surface area contributed by atoms with Gasteiger partial charge in [-0.15, -0.1) is 11.6 Å². The average Bonchev–Trinajstić information content (AvgIpc) is 3.63. The summed E-state index contributed by atoms with van der Waals surface area (Å²) in [5.41, 5.74) is -1.52. The molecule has 1 saturated carbocycles. The molecule has 13 heteroatoms. The van der Waals surface area contributed by atoms with Crippen LogP contribution in [0.4, 0.5) is 8.78 Å². The maximum absolute atomic E-state index is 15.6. The third kappa shape index (κ3) is 5.14. The number of aromatic amines is 1. The summed E-state index contributed by atoms with van der Waals surface area (Å²) in [6.45, 7) is 2.24. The Morgan fingerprint density at radius 3 is 2.72 bits per heavy atom. The van der Waals surface area contributed by atoms with Gasteiger partial charge in [0.2, 0.25) is 5.88 Å². The van der Waals surface area contributed by atoms with E-state index in [0.717, 1.165) is 12.8 Å². The maximum atomic E-state index is 15.6. The van der Waals surface area contributed by atoms with Crippen LogP contribution in [0.5, 0.6) is 11.6 Å². The molecule has 0 aliphatic heterocycles. The minimum atomic E-state index is -1.73. The van der Waals surface area contributed by atoms with Crippen LogP contribution >= 0.6 is 23.2 Å². The van der Waals surface area contributed by atoms with Gasteiger partial charge in [-0.2, -0.15) is 15.5 Å². The summed E-state index contributed by atoms with van der Waals surface area (Å²) >= 11 is 12.3. The van der Waals surface area contributed by atoms with Crippen LogP contribution in [-0.2, 0) is 12.9 Å². The zero-order chi connectivity index (χ0) is 28.1. The lowest BCUT2D eigenvalue weighted by Crippen LogP contribution is -2.24. The molecule has 0 spiro atoms. The molecule has 4 aromatic rings. The molecule has 0 unspecified atom stereocenters. The van der Waals surface area contributed by atoms with Gasteiger partial charge in [-0.05, 0) is 32.8 Å². The highest BCUT2D eigenvalue weighted by Gasteiger charge is 2.30. The number of hydrogen-bond acceptors (Lipinski definition) is 7. The number of aromatic nitrogens is 5. The molecule has 1 fully saturated rings. The summed E-state index contributed by atoms with van der Waals surface area (Å²) < 4.78 is 42.9. The highest BCUT2D eigenvalue weighted by molar-refractivity contribution is 6.31. The van der Waals surface area contributed by atoms with Gasteiger partial charge in [0.1, 0.15) is 35.0 Å². The van der Waals surface area contributed by atoms with Gasteiger partial charge in [-0.1, -0.05) is 11.6 Å². The van der Waals surface area contributed by atoms with Crippen molar-refractivity contribution in [1.29, 1.82) is 5.26 Å². The molecule has 0 radical (unpaired) electrons. The Labute approximate surface area is 231 Å². The number of halogens is 4. The van der Waals surface area contributed by atoms with Crippen molar-refractivity contribution in [1.82, 2.24) is 25.0 Å². The Morgan fingerprint density at radius 1 is 1.33 bits per heavy atom. The Morgan fingerprint density at radius 2 is 2.08 bits per heavy atom. The summed E-state index contributed by atoms with van der Waals surface area (Å²) in [4.78, 5) is 17.2. The number of aryl methyl sites for hydroxylation is 1. The average molecular weight is 575 g/mol. The molecule has 0 amide bonds. The van der Waals surface area contributed by atoms with Gasteiger partial charge >= 0.3 is 0 Å². The molecule has 1 aliphatic carbocycles. The van der Waals surface area contributed by atoms with Crippen LogP contribution in [0.3, 0.4) is 0 Å². The molecule has 1 aliphatic rings. The number of fused-ring (bicyclic) bond motifs is 1. The summed E-state index contributed by atoms with van der Waals surface area (Å²) in [6, 6.07) is 4.87. The highest BCUT2D eigenvalue weighted by atomic mass is 35.5. The first kappa shape index (κ1) is 26.8. The van der Waals surface area contributed by atoms with Crippen molar-refractivity contribution in [3.8, 4) is 40.2 Å². The van der Waals surface area contributed by atoms with E-state index in [9.17, 15) is 14.4 Å². The van der Waals surface area contributed by atoms with Crippen LogP contribution < -0.4 is 15.0 Å². The first-order valence-electron chi connectivity index (χ1n) is 11.9. The fourth-order valence-corrected chi connectivity index (χ4v) is 4.50. The summed E-state index contributed by atoms with van der Waals surface area (Å²) in [7, 11) is 1.57. The summed E-state index contributed by atoms with van der Waals surface area (Å²) in [6.07, 6.45) is 3.00. The van der Waals surface area contributed by atoms with Gasteiger partial charge < -0.3 is 9.47 Å². The highest BCUT2D eigenvalue weighted by Crippen LogP contribution is 2.43. The number of H-pyrrole nitrogens is 1. The van der Waals surface area contributed by atoms with Crippen LogP contribution in [0.1, 0.15) is 37.9 Å². The molecule has 202 valence electrons.